The van der Waals surface area contributed by atoms with Gasteiger partial charge in [0.05, 0.1) is 23.0 Å². The number of aromatic nitrogens is 5. The van der Waals surface area contributed by atoms with Gasteiger partial charge in [-0.25, -0.2) is 14.4 Å². The van der Waals surface area contributed by atoms with Crippen molar-refractivity contribution >= 4 is 23.0 Å². The molecule has 0 saturated heterocycles. The predicted octanol–water partition coefficient (Wildman–Crippen LogP) is 5.79. The highest BCUT2D eigenvalue weighted by atomic mass is 35.5. The average Bonchev–Trinajstić information content (AvgIpc) is 3.31. The minimum absolute atomic E-state index is 0.00676. The normalized spacial score (nSPS) is 19.0. The van der Waals surface area contributed by atoms with Crippen molar-refractivity contribution in [2.24, 2.45) is 5.41 Å². The molecule has 1 aliphatic heterocycles. The van der Waals surface area contributed by atoms with Crippen LogP contribution in [0.2, 0.25) is 5.02 Å². The molecule has 194 valence electrons. The van der Waals surface area contributed by atoms with E-state index < -0.39 is 5.82 Å². The predicted molar refractivity (Wildman–Crippen MR) is 145 cm³/mol. The molecule has 5 aromatic rings. The molecule has 8 rings (SSSR count). The number of fused-ring (bicyclic) bond motifs is 6. The SMILES string of the molecule is O=C1CC2(CC2)Cc2ccc(Cl)c(F)c2-c2cc(=O)n3c(c21)CC[C@H]3c1ncc(-c2ccn3ccnc3c2)[nH]1. The fourth-order valence-electron chi connectivity index (χ4n) is 6.62. The third-order valence-corrected chi connectivity index (χ3v) is 9.02. The van der Waals surface area contributed by atoms with Crippen LogP contribution in [-0.4, -0.2) is 29.7 Å². The van der Waals surface area contributed by atoms with Crippen LogP contribution in [0.1, 0.15) is 59.2 Å². The largest absolute Gasteiger partial charge is 0.340 e. The number of ketones is 1. The lowest BCUT2D eigenvalue weighted by molar-refractivity contribution is 0.0953. The van der Waals surface area contributed by atoms with Crippen LogP contribution in [0.4, 0.5) is 4.39 Å². The van der Waals surface area contributed by atoms with Crippen molar-refractivity contribution in [3.05, 3.63) is 99.0 Å². The molecule has 1 saturated carbocycles. The van der Waals surface area contributed by atoms with Crippen molar-refractivity contribution in [3.8, 4) is 22.4 Å². The Bertz CT molecular complexity index is 1910. The summed E-state index contributed by atoms with van der Waals surface area (Å²) in [5, 5.41) is -0.00676. The minimum Gasteiger partial charge on any atom is -0.340 e. The monoisotopic (exact) mass is 539 g/mol. The van der Waals surface area contributed by atoms with Gasteiger partial charge in [0.15, 0.2) is 5.78 Å². The van der Waals surface area contributed by atoms with Gasteiger partial charge in [0, 0.05) is 59.0 Å². The first kappa shape index (κ1) is 22.9. The molecule has 0 amide bonds. The summed E-state index contributed by atoms with van der Waals surface area (Å²) in [5.74, 6) is 0.0654. The number of nitrogens with one attached hydrogen (secondary N) is 1. The van der Waals surface area contributed by atoms with Gasteiger partial charge in [0.2, 0.25) is 0 Å². The highest BCUT2D eigenvalue weighted by Gasteiger charge is 2.47. The van der Waals surface area contributed by atoms with E-state index in [4.69, 9.17) is 11.6 Å². The maximum Gasteiger partial charge on any atom is 0.252 e. The molecule has 0 radical (unpaired) electrons. The third kappa shape index (κ3) is 3.40. The topological polar surface area (TPSA) is 85.1 Å². The van der Waals surface area contributed by atoms with Crippen molar-refractivity contribution in [2.45, 2.75) is 44.6 Å². The number of aromatic amines is 1. The Labute approximate surface area is 227 Å². The van der Waals surface area contributed by atoms with E-state index in [1.807, 2.05) is 35.0 Å². The number of hydrogen-bond donors (Lipinski definition) is 1. The van der Waals surface area contributed by atoms with E-state index in [1.54, 1.807) is 23.0 Å². The highest BCUT2D eigenvalue weighted by molar-refractivity contribution is 6.31. The molecule has 1 aromatic carbocycles. The van der Waals surface area contributed by atoms with Crippen LogP contribution in [0.3, 0.4) is 0 Å². The van der Waals surface area contributed by atoms with Gasteiger partial charge in [-0.2, -0.15) is 0 Å². The Hall–Kier alpha value is -4.04. The van der Waals surface area contributed by atoms with Crippen LogP contribution in [0.5, 0.6) is 0 Å². The van der Waals surface area contributed by atoms with E-state index in [2.05, 4.69) is 15.0 Å². The van der Waals surface area contributed by atoms with E-state index in [-0.39, 0.29) is 27.8 Å². The number of halogens is 2. The molecule has 5 heterocycles. The zero-order chi connectivity index (χ0) is 26.5. The van der Waals surface area contributed by atoms with Crippen molar-refractivity contribution < 1.29 is 9.18 Å². The molecular weight excluding hydrogens is 517 g/mol. The number of hydrogen-bond acceptors (Lipinski definition) is 4. The Balaban J connectivity index is 1.27. The second-order valence-electron chi connectivity index (χ2n) is 11.1. The van der Waals surface area contributed by atoms with Gasteiger partial charge in [0.1, 0.15) is 17.3 Å². The number of rotatable bonds is 2. The molecule has 0 unspecified atom stereocenters. The Kier molecular flexibility index (Phi) is 4.69. The molecule has 4 aromatic heterocycles. The number of imidazole rings is 2. The minimum atomic E-state index is -0.565. The maximum atomic E-state index is 15.6. The molecule has 3 aliphatic rings. The molecule has 9 heteroatoms. The molecule has 7 nitrogen and oxygen atoms in total. The first-order chi connectivity index (χ1) is 18.9. The molecule has 0 bridgehead atoms. The van der Waals surface area contributed by atoms with Crippen molar-refractivity contribution in [2.75, 3.05) is 0 Å². The summed E-state index contributed by atoms with van der Waals surface area (Å²) in [6.45, 7) is 0. The molecule has 1 spiro atoms. The lowest BCUT2D eigenvalue weighted by Crippen LogP contribution is -2.28. The van der Waals surface area contributed by atoms with Crippen LogP contribution < -0.4 is 5.56 Å². The lowest BCUT2D eigenvalue weighted by Gasteiger charge is -2.25. The molecule has 1 N–H and O–H groups in total. The van der Waals surface area contributed by atoms with Gasteiger partial charge < -0.3 is 14.0 Å². The van der Waals surface area contributed by atoms with Crippen molar-refractivity contribution in [1.82, 2.24) is 23.9 Å². The molecule has 39 heavy (non-hydrogen) atoms. The van der Waals surface area contributed by atoms with E-state index in [0.29, 0.717) is 53.9 Å². The van der Waals surface area contributed by atoms with Crippen molar-refractivity contribution in [3.63, 3.8) is 0 Å². The van der Waals surface area contributed by atoms with Gasteiger partial charge in [-0.05, 0) is 61.3 Å². The van der Waals surface area contributed by atoms with Gasteiger partial charge in [-0.3, -0.25) is 9.59 Å². The number of nitrogens with zero attached hydrogens (tertiary/aromatic N) is 4. The second kappa shape index (κ2) is 7.99. The van der Waals surface area contributed by atoms with Crippen LogP contribution in [0.25, 0.3) is 28.0 Å². The van der Waals surface area contributed by atoms with E-state index in [9.17, 15) is 9.59 Å². The fourth-order valence-corrected chi connectivity index (χ4v) is 6.77. The maximum absolute atomic E-state index is 15.6. The first-order valence-electron chi connectivity index (χ1n) is 13.2. The van der Waals surface area contributed by atoms with Crippen LogP contribution in [0.15, 0.2) is 59.9 Å². The Morgan fingerprint density at radius 3 is 2.77 bits per heavy atom. The van der Waals surface area contributed by atoms with Gasteiger partial charge in [-0.15, -0.1) is 0 Å². The lowest BCUT2D eigenvalue weighted by atomic mass is 9.80. The molecule has 1 fully saturated rings. The van der Waals surface area contributed by atoms with Gasteiger partial charge in [-0.1, -0.05) is 17.7 Å². The zero-order valence-corrected chi connectivity index (χ0v) is 21.6. The number of H-pyrrole nitrogens is 1. The summed E-state index contributed by atoms with van der Waals surface area (Å²) in [6, 6.07) is 8.45. The van der Waals surface area contributed by atoms with Gasteiger partial charge in [0.25, 0.3) is 5.56 Å². The standard InChI is InChI=1S/C30H23ClFN5O2/c31-19-2-1-17-13-30(6-7-30)14-23(38)27-18(26(17)28(19)32)12-25(39)37-21(27)3-4-22(37)29-34-15-20(35-29)16-5-9-36-10-8-33-24(36)11-16/h1-2,5,8-12,15,22H,3-4,6-7,13-14H2,(H,34,35)/t22-/m0/s1. The summed E-state index contributed by atoms with van der Waals surface area (Å²) in [5.41, 5.74) is 4.77. The number of carbonyl (C=O) groups is 1. The highest BCUT2D eigenvalue weighted by Crippen LogP contribution is 2.55. The smallest absolute Gasteiger partial charge is 0.252 e. The second-order valence-corrected chi connectivity index (χ2v) is 11.5. The summed E-state index contributed by atoms with van der Waals surface area (Å²) in [6.07, 6.45) is 11.4. The van der Waals surface area contributed by atoms with Gasteiger partial charge >= 0.3 is 0 Å². The van der Waals surface area contributed by atoms with Crippen LogP contribution >= 0.6 is 11.6 Å². The number of pyridine rings is 2. The van der Waals surface area contributed by atoms with E-state index in [1.165, 1.54) is 6.07 Å². The summed E-state index contributed by atoms with van der Waals surface area (Å²) < 4.78 is 19.2. The number of Topliss-reactive ketones (excluding diaryl/α,β-unsaturated/α-hetero) is 1. The first-order valence-corrected chi connectivity index (χ1v) is 13.6. The Morgan fingerprint density at radius 1 is 1.05 bits per heavy atom. The molecule has 1 atom stereocenters. The average molecular weight is 540 g/mol. The summed E-state index contributed by atoms with van der Waals surface area (Å²) in [7, 11) is 0. The fraction of sp³-hybridized carbons (Fsp3) is 0.267. The third-order valence-electron chi connectivity index (χ3n) is 8.73. The van der Waals surface area contributed by atoms with E-state index in [0.717, 1.165) is 35.3 Å². The van der Waals surface area contributed by atoms with Crippen molar-refractivity contribution in [1.29, 1.82) is 0 Å². The summed E-state index contributed by atoms with van der Waals surface area (Å²) in [4.78, 5) is 39.8. The molecule has 2 aliphatic carbocycles. The number of benzene rings is 1. The molecular formula is C30H23ClFN5O2. The number of carbonyl (C=O) groups excluding carboxylic acids is 1. The van der Waals surface area contributed by atoms with Crippen LogP contribution in [-0.2, 0) is 12.8 Å². The summed E-state index contributed by atoms with van der Waals surface area (Å²) >= 11 is 6.21. The van der Waals surface area contributed by atoms with E-state index >= 15 is 4.39 Å². The quantitative estimate of drug-likeness (QED) is 0.308. The zero-order valence-electron chi connectivity index (χ0n) is 20.9. The Morgan fingerprint density at radius 2 is 1.92 bits per heavy atom. The van der Waals surface area contributed by atoms with Crippen LogP contribution in [0, 0.1) is 11.2 Å².